The summed E-state index contributed by atoms with van der Waals surface area (Å²) in [5.41, 5.74) is -1.10. The van der Waals surface area contributed by atoms with Gasteiger partial charge in [0.05, 0.1) is 26.3 Å². The molecular formula is C24H44N4O8. The molecule has 2 heterocycles. The highest BCUT2D eigenvalue weighted by atomic mass is 16.6. The van der Waals surface area contributed by atoms with Gasteiger partial charge in [-0.2, -0.15) is 0 Å². The van der Waals surface area contributed by atoms with Gasteiger partial charge in [-0.3, -0.25) is 9.59 Å². The summed E-state index contributed by atoms with van der Waals surface area (Å²) in [7, 11) is 2.67. The van der Waals surface area contributed by atoms with Crippen LogP contribution in [0.2, 0.25) is 0 Å². The van der Waals surface area contributed by atoms with Crippen LogP contribution in [-0.4, -0.2) is 86.8 Å². The van der Waals surface area contributed by atoms with Crippen molar-refractivity contribution < 1.29 is 38.1 Å². The third-order valence-corrected chi connectivity index (χ3v) is 5.23. The third kappa shape index (κ3) is 11.9. The Bertz CT molecular complexity index is 685. The second kappa shape index (κ2) is 14.2. The van der Waals surface area contributed by atoms with Gasteiger partial charge in [0, 0.05) is 0 Å². The van der Waals surface area contributed by atoms with E-state index < -0.39 is 35.5 Å². The van der Waals surface area contributed by atoms with Crippen LogP contribution >= 0.6 is 0 Å². The Morgan fingerprint density at radius 1 is 0.667 bits per heavy atom. The van der Waals surface area contributed by atoms with E-state index in [1.807, 2.05) is 0 Å². The lowest BCUT2D eigenvalue weighted by Crippen LogP contribution is -2.57. The number of ether oxygens (including phenoxy) is 4. The molecule has 0 bridgehead atoms. The van der Waals surface area contributed by atoms with Crippen LogP contribution < -0.4 is 21.3 Å². The standard InChI is InChI=1S/2C12H22N2O4/c2*1-12(2,3)18-11(16)14-8-6-5-7-13-9(8)10(15)17-4/h2*8-9,13H,5-7H2,1-4H3,(H,14,16)/t2*8-,9-/m10/s1. The van der Waals surface area contributed by atoms with Crippen LogP contribution in [-0.2, 0) is 28.5 Å². The second-order valence-corrected chi connectivity index (χ2v) is 10.7. The number of hydrogen-bond acceptors (Lipinski definition) is 10. The molecule has 2 saturated heterocycles. The van der Waals surface area contributed by atoms with Crippen molar-refractivity contribution in [3.8, 4) is 0 Å². The number of hydrogen-bond donors (Lipinski definition) is 4. The lowest BCUT2D eigenvalue weighted by molar-refractivity contribution is -0.145. The quantitative estimate of drug-likeness (QED) is 0.320. The zero-order valence-corrected chi connectivity index (χ0v) is 22.8. The predicted molar refractivity (Wildman–Crippen MR) is 132 cm³/mol. The molecule has 36 heavy (non-hydrogen) atoms. The predicted octanol–water partition coefficient (Wildman–Crippen LogP) is 1.61. The number of carbonyl (C=O) groups is 4. The van der Waals surface area contributed by atoms with Gasteiger partial charge in [0.2, 0.25) is 0 Å². The molecule has 0 unspecified atom stereocenters. The molecule has 208 valence electrons. The fraction of sp³-hybridized carbons (Fsp3) is 0.833. The molecule has 0 saturated carbocycles. The van der Waals surface area contributed by atoms with Gasteiger partial charge in [0.1, 0.15) is 23.3 Å². The first-order chi connectivity index (χ1) is 16.7. The Morgan fingerprint density at radius 3 is 1.28 bits per heavy atom. The fourth-order valence-corrected chi connectivity index (χ4v) is 3.75. The number of nitrogens with one attached hydrogen (secondary N) is 4. The summed E-state index contributed by atoms with van der Waals surface area (Å²) in [4.78, 5) is 46.5. The fourth-order valence-electron chi connectivity index (χ4n) is 3.75. The Hall–Kier alpha value is -2.60. The van der Waals surface area contributed by atoms with Gasteiger partial charge in [0.15, 0.2) is 0 Å². The van der Waals surface area contributed by atoms with E-state index in [-0.39, 0.29) is 24.0 Å². The SMILES string of the molecule is COC(=O)[C@@H]1NCCC[C@H]1NC(=O)OC(C)(C)C.COC(=O)[C@H]1NCCC[C@@H]1NC(=O)OC(C)(C)C. The summed E-state index contributed by atoms with van der Waals surface area (Å²) in [5, 5.41) is 11.5. The number of carbonyl (C=O) groups excluding carboxylic acids is 4. The van der Waals surface area contributed by atoms with Crippen LogP contribution in [0, 0.1) is 0 Å². The molecule has 2 fully saturated rings. The van der Waals surface area contributed by atoms with Gasteiger partial charge < -0.3 is 40.2 Å². The monoisotopic (exact) mass is 516 g/mol. The first-order valence-electron chi connectivity index (χ1n) is 12.3. The van der Waals surface area contributed by atoms with E-state index in [1.165, 1.54) is 14.2 Å². The highest BCUT2D eigenvalue weighted by Crippen LogP contribution is 2.14. The largest absolute Gasteiger partial charge is 0.468 e. The average molecular weight is 517 g/mol. The van der Waals surface area contributed by atoms with Gasteiger partial charge >= 0.3 is 24.1 Å². The number of amides is 2. The Kier molecular flexibility index (Phi) is 12.4. The maximum absolute atomic E-state index is 11.7. The Morgan fingerprint density at radius 2 is 1.00 bits per heavy atom. The number of esters is 2. The van der Waals surface area contributed by atoms with Crippen molar-refractivity contribution in [2.75, 3.05) is 27.3 Å². The Labute approximate surface area is 213 Å². The summed E-state index contributed by atoms with van der Waals surface area (Å²) in [6.45, 7) is 12.3. The maximum Gasteiger partial charge on any atom is 0.407 e. The molecule has 4 N–H and O–H groups in total. The summed E-state index contributed by atoms with van der Waals surface area (Å²) < 4.78 is 19.8. The number of alkyl carbamates (subject to hydrolysis) is 2. The normalized spacial score (nSPS) is 24.2. The zero-order valence-electron chi connectivity index (χ0n) is 22.8. The van der Waals surface area contributed by atoms with E-state index >= 15 is 0 Å². The molecule has 0 aromatic carbocycles. The summed E-state index contributed by atoms with van der Waals surface area (Å²) in [6.07, 6.45) is 2.23. The van der Waals surface area contributed by atoms with Crippen molar-refractivity contribution in [3.05, 3.63) is 0 Å². The Balaban J connectivity index is 0.000000360. The third-order valence-electron chi connectivity index (χ3n) is 5.23. The highest BCUT2D eigenvalue weighted by Gasteiger charge is 2.34. The van der Waals surface area contributed by atoms with E-state index in [0.29, 0.717) is 0 Å². The molecule has 0 spiro atoms. The first-order valence-corrected chi connectivity index (χ1v) is 12.3. The number of rotatable bonds is 4. The molecule has 0 aromatic heterocycles. The molecule has 4 atom stereocenters. The summed E-state index contributed by atoms with van der Waals surface area (Å²) in [6, 6.07) is -1.59. The molecule has 12 heteroatoms. The molecule has 2 aliphatic rings. The lowest BCUT2D eigenvalue weighted by atomic mass is 9.99. The molecular weight excluding hydrogens is 472 g/mol. The van der Waals surface area contributed by atoms with E-state index in [2.05, 4.69) is 21.3 Å². The van der Waals surface area contributed by atoms with Crippen molar-refractivity contribution in [1.82, 2.24) is 21.3 Å². The van der Waals surface area contributed by atoms with Gasteiger partial charge in [0.25, 0.3) is 0 Å². The van der Waals surface area contributed by atoms with Crippen LogP contribution in [0.15, 0.2) is 0 Å². The van der Waals surface area contributed by atoms with Crippen LogP contribution in [0.5, 0.6) is 0 Å². The van der Waals surface area contributed by atoms with Crippen molar-refractivity contribution in [2.24, 2.45) is 0 Å². The summed E-state index contributed by atoms with van der Waals surface area (Å²) >= 11 is 0. The molecule has 2 aliphatic heterocycles. The summed E-state index contributed by atoms with van der Waals surface area (Å²) in [5.74, 6) is -0.730. The minimum atomic E-state index is -0.549. The second-order valence-electron chi connectivity index (χ2n) is 10.7. The number of piperidine rings is 2. The van der Waals surface area contributed by atoms with Crippen molar-refractivity contribution in [3.63, 3.8) is 0 Å². The molecule has 2 amide bonds. The maximum atomic E-state index is 11.7. The van der Waals surface area contributed by atoms with Crippen LogP contribution in [0.3, 0.4) is 0 Å². The minimum absolute atomic E-state index is 0.291. The van der Waals surface area contributed by atoms with Crippen LogP contribution in [0.25, 0.3) is 0 Å². The molecule has 12 nitrogen and oxygen atoms in total. The first kappa shape index (κ1) is 31.4. The zero-order chi connectivity index (χ0) is 27.5. The van der Waals surface area contributed by atoms with Gasteiger partial charge in [-0.1, -0.05) is 0 Å². The lowest BCUT2D eigenvalue weighted by Gasteiger charge is -2.31. The van der Waals surface area contributed by atoms with Crippen LogP contribution in [0.1, 0.15) is 67.2 Å². The van der Waals surface area contributed by atoms with Gasteiger partial charge in [-0.05, 0) is 80.3 Å². The highest BCUT2D eigenvalue weighted by molar-refractivity contribution is 5.79. The van der Waals surface area contributed by atoms with E-state index in [1.54, 1.807) is 41.5 Å². The smallest absolute Gasteiger partial charge is 0.407 e. The molecule has 0 aromatic rings. The molecule has 0 aliphatic carbocycles. The number of methoxy groups -OCH3 is 2. The minimum Gasteiger partial charge on any atom is -0.468 e. The average Bonchev–Trinajstić information content (AvgIpc) is 2.76. The van der Waals surface area contributed by atoms with Crippen molar-refractivity contribution in [1.29, 1.82) is 0 Å². The van der Waals surface area contributed by atoms with E-state index in [4.69, 9.17) is 18.9 Å². The van der Waals surface area contributed by atoms with E-state index in [9.17, 15) is 19.2 Å². The van der Waals surface area contributed by atoms with Crippen molar-refractivity contribution >= 4 is 24.1 Å². The molecule has 0 radical (unpaired) electrons. The van der Waals surface area contributed by atoms with Crippen LogP contribution in [0.4, 0.5) is 9.59 Å². The van der Waals surface area contributed by atoms with Crippen molar-refractivity contribution in [2.45, 2.75) is 103 Å². The molecule has 2 rings (SSSR count). The van der Waals surface area contributed by atoms with Gasteiger partial charge in [-0.25, -0.2) is 9.59 Å². The topological polar surface area (TPSA) is 153 Å². The van der Waals surface area contributed by atoms with E-state index in [0.717, 1.165) is 38.8 Å². The van der Waals surface area contributed by atoms with Gasteiger partial charge in [-0.15, -0.1) is 0 Å².